The van der Waals surface area contributed by atoms with Crippen LogP contribution in [0.4, 0.5) is 4.39 Å². The van der Waals surface area contributed by atoms with Crippen molar-refractivity contribution >= 4 is 5.97 Å². The van der Waals surface area contributed by atoms with Gasteiger partial charge in [0.2, 0.25) is 0 Å². The second-order valence-electron chi connectivity index (χ2n) is 5.68. The molecule has 24 heavy (non-hydrogen) atoms. The molecule has 0 saturated heterocycles. The lowest BCUT2D eigenvalue weighted by Crippen LogP contribution is -2.00. The minimum absolute atomic E-state index is 0.264. The molecule has 0 N–H and O–H groups in total. The lowest BCUT2D eigenvalue weighted by Gasteiger charge is -2.08. The van der Waals surface area contributed by atoms with Gasteiger partial charge in [0.05, 0.1) is 0 Å². The van der Waals surface area contributed by atoms with Crippen molar-refractivity contribution in [3.05, 3.63) is 78.1 Å². The van der Waals surface area contributed by atoms with Crippen LogP contribution in [0.2, 0.25) is 0 Å². The average Bonchev–Trinajstić information content (AvgIpc) is 2.56. The number of hydrogen-bond acceptors (Lipinski definition) is 2. The topological polar surface area (TPSA) is 26.3 Å². The number of halogens is 1. The van der Waals surface area contributed by atoms with Gasteiger partial charge < -0.3 is 4.74 Å². The van der Waals surface area contributed by atoms with Gasteiger partial charge in [0.25, 0.3) is 0 Å². The third kappa shape index (κ3) is 3.51. The molecule has 120 valence electrons. The van der Waals surface area contributed by atoms with E-state index in [1.54, 1.807) is 30.3 Å². The van der Waals surface area contributed by atoms with Crippen molar-refractivity contribution in [1.82, 2.24) is 0 Å². The van der Waals surface area contributed by atoms with E-state index in [2.05, 4.69) is 0 Å². The van der Waals surface area contributed by atoms with Gasteiger partial charge in [-0.25, -0.2) is 4.39 Å². The molecule has 3 rings (SSSR count). The fourth-order valence-corrected chi connectivity index (χ4v) is 2.54. The molecule has 0 atom stereocenters. The zero-order chi connectivity index (χ0) is 17.1. The smallest absolute Gasteiger partial charge is 0.308 e. The molecule has 0 bridgehead atoms. The van der Waals surface area contributed by atoms with Crippen LogP contribution >= 0.6 is 0 Å². The summed E-state index contributed by atoms with van der Waals surface area (Å²) in [6.45, 7) is 3.36. The summed E-state index contributed by atoms with van der Waals surface area (Å²) in [7, 11) is 0. The lowest BCUT2D eigenvalue weighted by molar-refractivity contribution is -0.131. The largest absolute Gasteiger partial charge is 0.427 e. The molecule has 0 aliphatic rings. The SMILES string of the molecule is CC(=O)Oc1ccc(-c2ccc(-c3ccc(C)cc3)c(F)c2)cc1. The Morgan fingerprint density at radius 1 is 0.833 bits per heavy atom. The van der Waals surface area contributed by atoms with Gasteiger partial charge in [0.15, 0.2) is 0 Å². The molecule has 0 unspecified atom stereocenters. The molecule has 0 spiro atoms. The monoisotopic (exact) mass is 320 g/mol. The first-order valence-corrected chi connectivity index (χ1v) is 7.68. The highest BCUT2D eigenvalue weighted by Crippen LogP contribution is 2.29. The van der Waals surface area contributed by atoms with Crippen LogP contribution in [0, 0.1) is 12.7 Å². The Kier molecular flexibility index (Phi) is 4.43. The molecule has 3 aromatic carbocycles. The van der Waals surface area contributed by atoms with Crippen molar-refractivity contribution < 1.29 is 13.9 Å². The Morgan fingerprint density at radius 3 is 2.00 bits per heavy atom. The van der Waals surface area contributed by atoms with E-state index in [9.17, 15) is 9.18 Å². The molecular formula is C21H17FO2. The quantitative estimate of drug-likeness (QED) is 0.477. The highest BCUT2D eigenvalue weighted by molar-refractivity contribution is 5.72. The summed E-state index contributed by atoms with van der Waals surface area (Å²) < 4.78 is 19.5. The van der Waals surface area contributed by atoms with E-state index < -0.39 is 0 Å². The average molecular weight is 320 g/mol. The molecule has 0 aromatic heterocycles. The molecule has 0 radical (unpaired) electrons. The van der Waals surface area contributed by atoms with Gasteiger partial charge in [0, 0.05) is 12.5 Å². The van der Waals surface area contributed by atoms with Crippen LogP contribution in [0.1, 0.15) is 12.5 Å². The van der Waals surface area contributed by atoms with E-state index in [0.29, 0.717) is 11.3 Å². The molecule has 0 saturated carbocycles. The van der Waals surface area contributed by atoms with Crippen molar-refractivity contribution in [3.8, 4) is 28.0 Å². The number of aryl methyl sites for hydroxylation is 1. The normalized spacial score (nSPS) is 10.5. The van der Waals surface area contributed by atoms with Crippen molar-refractivity contribution in [2.24, 2.45) is 0 Å². The van der Waals surface area contributed by atoms with Crippen molar-refractivity contribution in [2.75, 3.05) is 0 Å². The Morgan fingerprint density at radius 2 is 1.42 bits per heavy atom. The zero-order valence-corrected chi connectivity index (χ0v) is 13.5. The lowest BCUT2D eigenvalue weighted by atomic mass is 9.99. The number of ether oxygens (including phenoxy) is 1. The summed E-state index contributed by atoms with van der Waals surface area (Å²) in [5.41, 5.74) is 4.21. The summed E-state index contributed by atoms with van der Waals surface area (Å²) >= 11 is 0. The molecule has 0 amide bonds. The maximum absolute atomic E-state index is 14.5. The second-order valence-corrected chi connectivity index (χ2v) is 5.68. The van der Waals surface area contributed by atoms with Gasteiger partial charge in [-0.1, -0.05) is 54.1 Å². The van der Waals surface area contributed by atoms with E-state index in [1.807, 2.05) is 37.3 Å². The van der Waals surface area contributed by atoms with Gasteiger partial charge in [-0.2, -0.15) is 0 Å². The molecule has 0 aliphatic heterocycles. The molecule has 2 nitrogen and oxygen atoms in total. The van der Waals surface area contributed by atoms with E-state index in [-0.39, 0.29) is 11.8 Å². The predicted molar refractivity (Wildman–Crippen MR) is 93.3 cm³/mol. The van der Waals surface area contributed by atoms with Crippen LogP contribution < -0.4 is 4.74 Å². The summed E-state index contributed by atoms with van der Waals surface area (Å²) in [6, 6.07) is 20.0. The number of carbonyl (C=O) groups excluding carboxylic acids is 1. The third-order valence-corrected chi connectivity index (χ3v) is 3.78. The van der Waals surface area contributed by atoms with Gasteiger partial charge in [-0.05, 0) is 41.8 Å². The summed E-state index contributed by atoms with van der Waals surface area (Å²) in [5.74, 6) is -0.153. The first kappa shape index (κ1) is 15.9. The van der Waals surface area contributed by atoms with Crippen LogP contribution in [0.25, 0.3) is 22.3 Å². The number of rotatable bonds is 3. The van der Waals surface area contributed by atoms with E-state index in [1.165, 1.54) is 13.0 Å². The van der Waals surface area contributed by atoms with Crippen molar-refractivity contribution in [1.29, 1.82) is 0 Å². The predicted octanol–water partition coefficient (Wildman–Crippen LogP) is 5.39. The maximum Gasteiger partial charge on any atom is 0.308 e. The maximum atomic E-state index is 14.5. The van der Waals surface area contributed by atoms with Crippen LogP contribution in [0.3, 0.4) is 0 Å². The number of carbonyl (C=O) groups is 1. The van der Waals surface area contributed by atoms with Crippen LogP contribution in [-0.4, -0.2) is 5.97 Å². The highest BCUT2D eigenvalue weighted by atomic mass is 19.1. The van der Waals surface area contributed by atoms with Gasteiger partial charge in [-0.15, -0.1) is 0 Å². The Labute approximate surface area is 140 Å². The second kappa shape index (κ2) is 6.67. The Hall–Kier alpha value is -2.94. The van der Waals surface area contributed by atoms with Crippen LogP contribution in [-0.2, 0) is 4.79 Å². The summed E-state index contributed by atoms with van der Waals surface area (Å²) in [4.78, 5) is 10.9. The molecular weight excluding hydrogens is 303 g/mol. The first-order valence-electron chi connectivity index (χ1n) is 7.68. The highest BCUT2D eigenvalue weighted by Gasteiger charge is 2.08. The fourth-order valence-electron chi connectivity index (χ4n) is 2.54. The summed E-state index contributed by atoms with van der Waals surface area (Å²) in [6.07, 6.45) is 0. The summed E-state index contributed by atoms with van der Waals surface area (Å²) in [5, 5.41) is 0. The number of esters is 1. The van der Waals surface area contributed by atoms with Crippen molar-refractivity contribution in [3.63, 3.8) is 0 Å². The Balaban J connectivity index is 1.89. The van der Waals surface area contributed by atoms with Crippen molar-refractivity contribution in [2.45, 2.75) is 13.8 Å². The first-order chi connectivity index (χ1) is 11.5. The molecule has 0 aliphatic carbocycles. The van der Waals surface area contributed by atoms with Crippen LogP contribution in [0.15, 0.2) is 66.7 Å². The standard InChI is InChI=1S/C21H17FO2/c1-14-3-5-17(6-4-14)20-12-9-18(13-21(20)22)16-7-10-19(11-8-16)24-15(2)23/h3-13H,1-2H3. The number of hydrogen-bond donors (Lipinski definition) is 0. The molecule has 0 fully saturated rings. The Bertz CT molecular complexity index is 865. The third-order valence-electron chi connectivity index (χ3n) is 3.78. The zero-order valence-electron chi connectivity index (χ0n) is 13.5. The van der Waals surface area contributed by atoms with Crippen LogP contribution in [0.5, 0.6) is 5.75 Å². The van der Waals surface area contributed by atoms with E-state index in [0.717, 1.165) is 22.3 Å². The van der Waals surface area contributed by atoms with Gasteiger partial charge >= 0.3 is 5.97 Å². The van der Waals surface area contributed by atoms with Gasteiger partial charge in [0.1, 0.15) is 11.6 Å². The molecule has 0 heterocycles. The molecule has 3 heteroatoms. The fraction of sp³-hybridized carbons (Fsp3) is 0.0952. The number of benzene rings is 3. The minimum atomic E-state index is -0.365. The van der Waals surface area contributed by atoms with Gasteiger partial charge in [-0.3, -0.25) is 4.79 Å². The van der Waals surface area contributed by atoms with E-state index >= 15 is 0 Å². The minimum Gasteiger partial charge on any atom is -0.427 e. The molecule has 3 aromatic rings. The van der Waals surface area contributed by atoms with E-state index in [4.69, 9.17) is 4.74 Å².